The van der Waals surface area contributed by atoms with Crippen LogP contribution in [0.3, 0.4) is 0 Å². The monoisotopic (exact) mass is 595 g/mol. The molecule has 8 atom stereocenters. The Kier molecular flexibility index (Phi) is 7.64. The van der Waals surface area contributed by atoms with Crippen molar-refractivity contribution in [3.05, 3.63) is 76.3 Å². The van der Waals surface area contributed by atoms with Gasteiger partial charge in [-0.3, -0.25) is 14.4 Å². The molecule has 2 N–H and O–H groups in total. The number of benzene rings is 2. The smallest absolute Gasteiger partial charge is 0.246 e. The third-order valence-electron chi connectivity index (χ3n) is 9.63. The Morgan fingerprint density at radius 2 is 1.68 bits per heavy atom. The van der Waals surface area contributed by atoms with E-state index in [2.05, 4.69) is 24.5 Å². The minimum absolute atomic E-state index is 0.0292. The number of halogens is 2. The molecule has 7 nitrogen and oxygen atoms in total. The van der Waals surface area contributed by atoms with Crippen molar-refractivity contribution in [2.45, 2.75) is 63.3 Å². The number of nitrogens with zero attached hydrogens (tertiary/aromatic N) is 1. The molecule has 3 aliphatic heterocycles. The first kappa shape index (κ1) is 28.3. The summed E-state index contributed by atoms with van der Waals surface area (Å²) in [6.45, 7) is 4.73. The average molecular weight is 597 g/mol. The highest BCUT2D eigenvalue weighted by atomic mass is 35.5. The number of likely N-dealkylation sites (tertiary alicyclic amines) is 1. The number of carbonyl (C=O) groups excluding carboxylic acids is 3. The maximum atomic E-state index is 14.2. The molecule has 3 heterocycles. The van der Waals surface area contributed by atoms with E-state index in [1.165, 1.54) is 0 Å². The zero-order valence-corrected chi connectivity index (χ0v) is 24.7. The van der Waals surface area contributed by atoms with Crippen molar-refractivity contribution in [3.8, 4) is 0 Å². The molecule has 0 aromatic heterocycles. The van der Waals surface area contributed by atoms with Gasteiger partial charge in [-0.25, -0.2) is 0 Å². The minimum atomic E-state index is -1.20. The average Bonchev–Trinajstić information content (AvgIpc) is 3.59. The van der Waals surface area contributed by atoms with E-state index in [9.17, 15) is 14.4 Å². The van der Waals surface area contributed by atoms with Gasteiger partial charge in [0.05, 0.1) is 17.9 Å². The maximum absolute atomic E-state index is 14.2. The van der Waals surface area contributed by atoms with E-state index < -0.39 is 29.6 Å². The fourth-order valence-corrected chi connectivity index (χ4v) is 7.47. The Labute approximate surface area is 250 Å². The summed E-state index contributed by atoms with van der Waals surface area (Å²) in [4.78, 5) is 43.6. The number of hydrogen-bond donors (Lipinski definition) is 2. The molecule has 2 saturated heterocycles. The summed E-state index contributed by atoms with van der Waals surface area (Å²) in [6, 6.07) is 13.5. The maximum Gasteiger partial charge on any atom is 0.246 e. The molecular weight excluding hydrogens is 561 g/mol. The van der Waals surface area contributed by atoms with Crippen molar-refractivity contribution in [3.63, 3.8) is 0 Å². The summed E-state index contributed by atoms with van der Waals surface area (Å²) in [5, 5.41) is 7.43. The zero-order chi connectivity index (χ0) is 28.9. The van der Waals surface area contributed by atoms with Crippen molar-refractivity contribution >= 4 is 46.6 Å². The van der Waals surface area contributed by atoms with Gasteiger partial charge in [-0.05, 0) is 66.6 Å². The van der Waals surface area contributed by atoms with E-state index in [1.807, 2.05) is 36.4 Å². The summed E-state index contributed by atoms with van der Waals surface area (Å²) in [5.41, 5.74) is 0.389. The molecule has 2 bridgehead atoms. The van der Waals surface area contributed by atoms with Crippen molar-refractivity contribution in [2.75, 3.05) is 11.9 Å². The molecule has 3 fully saturated rings. The van der Waals surface area contributed by atoms with Gasteiger partial charge in [0.25, 0.3) is 0 Å². The summed E-state index contributed by atoms with van der Waals surface area (Å²) in [6.07, 6.45) is 6.76. The highest BCUT2D eigenvalue weighted by Gasteiger charge is 2.72. The van der Waals surface area contributed by atoms with Gasteiger partial charge >= 0.3 is 0 Å². The standard InChI is InChI=1S/C32H35Cl2N3O4/c1-18-4-3-5-24(19(18)2)36-30(39)28-32-16-14-25(41-32)26(29(38)35-23-12-10-22(34)11-13-23)27(32)31(40)37(28)17-15-20-6-8-21(33)9-7-20/h6-14,16,18-19,24-28H,3-5,15,17H2,1-2H3,(H,35,38)(H,36,39)/t18-,19-,24+,25+,26+,27+,28+,32+/m1/s1. The normalized spacial score (nSPS) is 33.6. The van der Waals surface area contributed by atoms with Crippen molar-refractivity contribution in [2.24, 2.45) is 23.7 Å². The summed E-state index contributed by atoms with van der Waals surface area (Å²) < 4.78 is 6.48. The van der Waals surface area contributed by atoms with Gasteiger partial charge in [0.2, 0.25) is 17.7 Å². The quantitative estimate of drug-likeness (QED) is 0.427. The first-order valence-corrected chi connectivity index (χ1v) is 15.2. The van der Waals surface area contributed by atoms with Gasteiger partial charge in [-0.2, -0.15) is 0 Å². The molecular formula is C32H35Cl2N3O4. The van der Waals surface area contributed by atoms with Crippen LogP contribution in [0.5, 0.6) is 0 Å². The molecule has 4 aliphatic rings. The van der Waals surface area contributed by atoms with Gasteiger partial charge in [-0.15, -0.1) is 0 Å². The number of hydrogen-bond acceptors (Lipinski definition) is 4. The second kappa shape index (κ2) is 11.1. The third kappa shape index (κ3) is 5.06. The first-order chi connectivity index (χ1) is 19.7. The zero-order valence-electron chi connectivity index (χ0n) is 23.2. The van der Waals surface area contributed by atoms with Crippen LogP contribution < -0.4 is 10.6 Å². The molecule has 6 rings (SSSR count). The minimum Gasteiger partial charge on any atom is -0.359 e. The predicted octanol–water partition coefficient (Wildman–Crippen LogP) is 5.27. The number of fused-ring (bicyclic) bond motifs is 1. The predicted molar refractivity (Wildman–Crippen MR) is 159 cm³/mol. The van der Waals surface area contributed by atoms with Crippen LogP contribution in [0.4, 0.5) is 5.69 Å². The van der Waals surface area contributed by atoms with Crippen molar-refractivity contribution < 1.29 is 19.1 Å². The van der Waals surface area contributed by atoms with E-state index >= 15 is 0 Å². The fourth-order valence-electron chi connectivity index (χ4n) is 7.21. The Bertz CT molecular complexity index is 1360. The lowest BCUT2D eigenvalue weighted by atomic mass is 9.73. The summed E-state index contributed by atoms with van der Waals surface area (Å²) >= 11 is 12.1. The van der Waals surface area contributed by atoms with Crippen LogP contribution in [-0.4, -0.2) is 53.0 Å². The number of carbonyl (C=O) groups is 3. The molecule has 2 aromatic carbocycles. The number of nitrogens with one attached hydrogen (secondary N) is 2. The lowest BCUT2D eigenvalue weighted by Crippen LogP contribution is -2.58. The van der Waals surface area contributed by atoms with Crippen LogP contribution in [0.25, 0.3) is 0 Å². The van der Waals surface area contributed by atoms with E-state index in [0.29, 0.717) is 40.5 Å². The Balaban J connectivity index is 1.29. The number of ether oxygens (including phenoxy) is 1. The molecule has 216 valence electrons. The molecule has 0 radical (unpaired) electrons. The second-order valence-electron chi connectivity index (χ2n) is 12.0. The Hall–Kier alpha value is -2.87. The van der Waals surface area contributed by atoms with E-state index in [-0.39, 0.29) is 23.8 Å². The van der Waals surface area contributed by atoms with Crippen LogP contribution in [0, 0.1) is 23.7 Å². The number of anilines is 1. The van der Waals surface area contributed by atoms with Crippen molar-refractivity contribution in [1.82, 2.24) is 10.2 Å². The largest absolute Gasteiger partial charge is 0.359 e. The summed E-state index contributed by atoms with van der Waals surface area (Å²) in [5.74, 6) is -1.48. The number of rotatable bonds is 7. The topological polar surface area (TPSA) is 87.7 Å². The second-order valence-corrected chi connectivity index (χ2v) is 12.9. The van der Waals surface area contributed by atoms with Crippen molar-refractivity contribution in [1.29, 1.82) is 0 Å². The van der Waals surface area contributed by atoms with Crippen LogP contribution >= 0.6 is 23.2 Å². The van der Waals surface area contributed by atoms with E-state index in [1.54, 1.807) is 29.2 Å². The van der Waals surface area contributed by atoms with Gasteiger partial charge < -0.3 is 20.3 Å². The van der Waals surface area contributed by atoms with Gasteiger partial charge in [0, 0.05) is 28.3 Å². The molecule has 1 spiro atoms. The SMILES string of the molecule is C[C@@H]1[C@H](C)CCC[C@@H]1NC(=O)[C@@H]1N(CCc2ccc(Cl)cc2)C(=O)[C@@H]2[C@@H](C(=O)Nc3ccc(Cl)cc3)[C@@H]3C=C[C@]21O3. The lowest BCUT2D eigenvalue weighted by molar-refractivity contribution is -0.141. The van der Waals surface area contributed by atoms with Crippen LogP contribution in [0.1, 0.15) is 38.7 Å². The van der Waals surface area contributed by atoms with Gasteiger partial charge in [-0.1, -0.05) is 74.2 Å². The van der Waals surface area contributed by atoms with Crippen LogP contribution in [0.15, 0.2) is 60.7 Å². The third-order valence-corrected chi connectivity index (χ3v) is 10.1. The molecule has 2 aromatic rings. The highest BCUT2D eigenvalue weighted by Crippen LogP contribution is 2.55. The molecule has 3 amide bonds. The molecule has 41 heavy (non-hydrogen) atoms. The highest BCUT2D eigenvalue weighted by molar-refractivity contribution is 6.30. The van der Waals surface area contributed by atoms with E-state index in [4.69, 9.17) is 27.9 Å². The Morgan fingerprint density at radius 1 is 1.00 bits per heavy atom. The van der Waals surface area contributed by atoms with E-state index in [0.717, 1.165) is 24.8 Å². The van der Waals surface area contributed by atoms with Crippen LogP contribution in [0.2, 0.25) is 10.0 Å². The van der Waals surface area contributed by atoms with Crippen LogP contribution in [-0.2, 0) is 25.5 Å². The summed E-state index contributed by atoms with van der Waals surface area (Å²) in [7, 11) is 0. The van der Waals surface area contributed by atoms with Gasteiger partial charge in [0.1, 0.15) is 11.6 Å². The van der Waals surface area contributed by atoms with Gasteiger partial charge in [0.15, 0.2) is 0 Å². The molecule has 1 aliphatic carbocycles. The Morgan fingerprint density at radius 3 is 2.39 bits per heavy atom. The lowest BCUT2D eigenvalue weighted by Gasteiger charge is -2.38. The number of amides is 3. The molecule has 0 unspecified atom stereocenters. The first-order valence-electron chi connectivity index (χ1n) is 14.5. The molecule has 9 heteroatoms. The molecule has 1 saturated carbocycles. The fraction of sp³-hybridized carbons (Fsp3) is 0.469.